The average Bonchev–Trinajstić information content (AvgIpc) is 2.23. The minimum atomic E-state index is -0.635. The molecule has 0 radical (unpaired) electrons. The number of rotatable bonds is 10. The van der Waals surface area contributed by atoms with Gasteiger partial charge in [-0.15, -0.1) is 0 Å². The smallest absolute Gasteiger partial charge is 0.101 e. The maximum atomic E-state index is 9.31. The van der Waals surface area contributed by atoms with Gasteiger partial charge in [0.2, 0.25) is 0 Å². The molecule has 0 aromatic heterocycles. The molecule has 0 spiro atoms. The van der Waals surface area contributed by atoms with Crippen molar-refractivity contribution in [3.63, 3.8) is 0 Å². The zero-order chi connectivity index (χ0) is 11.5. The highest BCUT2D eigenvalue weighted by molar-refractivity contribution is 4.55. The van der Waals surface area contributed by atoms with Crippen molar-refractivity contribution in [2.24, 2.45) is 0 Å². The maximum Gasteiger partial charge on any atom is 0.101 e. The van der Waals surface area contributed by atoms with Gasteiger partial charge in [-0.2, -0.15) is 0 Å². The zero-order valence-electron chi connectivity index (χ0n) is 9.52. The summed E-state index contributed by atoms with van der Waals surface area (Å²) < 4.78 is 15.1. The molecule has 0 aliphatic carbocycles. The lowest BCUT2D eigenvalue weighted by atomic mass is 10.4. The summed E-state index contributed by atoms with van der Waals surface area (Å²) in [5.41, 5.74) is 0. The average molecular weight is 222 g/mol. The van der Waals surface area contributed by atoms with Gasteiger partial charge in [0, 0.05) is 13.2 Å². The van der Waals surface area contributed by atoms with E-state index in [2.05, 4.69) is 0 Å². The van der Waals surface area contributed by atoms with Gasteiger partial charge in [-0.1, -0.05) is 0 Å². The quantitative estimate of drug-likeness (QED) is 0.535. The van der Waals surface area contributed by atoms with Crippen molar-refractivity contribution >= 4 is 0 Å². The van der Waals surface area contributed by atoms with Gasteiger partial charge < -0.3 is 24.4 Å². The number of ether oxygens (including phenoxy) is 3. The van der Waals surface area contributed by atoms with Crippen LogP contribution < -0.4 is 0 Å². The molecule has 0 amide bonds. The molecule has 2 unspecified atom stereocenters. The van der Waals surface area contributed by atoms with Gasteiger partial charge in [0.25, 0.3) is 0 Å². The van der Waals surface area contributed by atoms with Crippen molar-refractivity contribution < 1.29 is 24.4 Å². The van der Waals surface area contributed by atoms with E-state index in [-0.39, 0.29) is 26.4 Å². The normalized spacial score (nSPS) is 15.2. The van der Waals surface area contributed by atoms with Crippen LogP contribution in [-0.2, 0) is 14.2 Å². The fourth-order valence-corrected chi connectivity index (χ4v) is 0.944. The maximum absolute atomic E-state index is 9.31. The van der Waals surface area contributed by atoms with Crippen LogP contribution in [0.5, 0.6) is 0 Å². The third kappa shape index (κ3) is 10.1. The monoisotopic (exact) mass is 222 g/mol. The molecule has 0 fully saturated rings. The standard InChI is InChI=1S/C10H22O5/c1-3-13-5-9(11)7-15-8-10(12)6-14-4-2/h9-12H,3-8H2,1-2H3. The third-order valence-corrected chi connectivity index (χ3v) is 1.65. The summed E-state index contributed by atoms with van der Waals surface area (Å²) in [6, 6.07) is 0. The van der Waals surface area contributed by atoms with E-state index in [4.69, 9.17) is 14.2 Å². The molecule has 5 heteroatoms. The Balaban J connectivity index is 3.27. The predicted molar refractivity (Wildman–Crippen MR) is 55.8 cm³/mol. The Labute approximate surface area is 91.0 Å². The highest BCUT2D eigenvalue weighted by Crippen LogP contribution is 1.91. The van der Waals surface area contributed by atoms with Gasteiger partial charge in [0.15, 0.2) is 0 Å². The van der Waals surface area contributed by atoms with Crippen LogP contribution >= 0.6 is 0 Å². The van der Waals surface area contributed by atoms with E-state index in [9.17, 15) is 10.2 Å². The summed E-state index contributed by atoms with van der Waals surface area (Å²) >= 11 is 0. The molecule has 0 aliphatic rings. The van der Waals surface area contributed by atoms with Crippen molar-refractivity contribution in [3.8, 4) is 0 Å². The van der Waals surface area contributed by atoms with Crippen molar-refractivity contribution in [1.29, 1.82) is 0 Å². The summed E-state index contributed by atoms with van der Waals surface area (Å²) in [5.74, 6) is 0. The van der Waals surface area contributed by atoms with Gasteiger partial charge in [0.1, 0.15) is 12.2 Å². The van der Waals surface area contributed by atoms with Crippen molar-refractivity contribution in [2.45, 2.75) is 26.1 Å². The molecule has 92 valence electrons. The second-order valence-electron chi connectivity index (χ2n) is 3.16. The molecular formula is C10H22O5. The van der Waals surface area contributed by atoms with Gasteiger partial charge in [0.05, 0.1) is 26.4 Å². The van der Waals surface area contributed by atoms with Gasteiger partial charge in [-0.05, 0) is 13.8 Å². The van der Waals surface area contributed by atoms with Crippen LogP contribution in [-0.4, -0.2) is 62.1 Å². The van der Waals surface area contributed by atoms with Crippen LogP contribution in [0.1, 0.15) is 13.8 Å². The van der Waals surface area contributed by atoms with E-state index in [0.717, 1.165) is 0 Å². The summed E-state index contributed by atoms with van der Waals surface area (Å²) in [6.45, 7) is 5.73. The minimum absolute atomic E-state index is 0.170. The topological polar surface area (TPSA) is 68.2 Å². The first kappa shape index (κ1) is 14.8. The van der Waals surface area contributed by atoms with E-state index < -0.39 is 12.2 Å². The first-order valence-corrected chi connectivity index (χ1v) is 5.30. The van der Waals surface area contributed by atoms with Crippen LogP contribution in [0.4, 0.5) is 0 Å². The van der Waals surface area contributed by atoms with Gasteiger partial charge in [-0.3, -0.25) is 0 Å². The fraction of sp³-hybridized carbons (Fsp3) is 1.00. The lowest BCUT2D eigenvalue weighted by Crippen LogP contribution is -2.27. The molecule has 2 N–H and O–H groups in total. The Morgan fingerprint density at radius 1 is 0.733 bits per heavy atom. The zero-order valence-corrected chi connectivity index (χ0v) is 9.52. The van der Waals surface area contributed by atoms with E-state index >= 15 is 0 Å². The number of aliphatic hydroxyl groups is 2. The number of aliphatic hydroxyl groups excluding tert-OH is 2. The van der Waals surface area contributed by atoms with Crippen LogP contribution in [0.25, 0.3) is 0 Å². The van der Waals surface area contributed by atoms with Crippen molar-refractivity contribution in [1.82, 2.24) is 0 Å². The molecular weight excluding hydrogens is 200 g/mol. The highest BCUT2D eigenvalue weighted by atomic mass is 16.5. The Morgan fingerprint density at radius 2 is 1.07 bits per heavy atom. The van der Waals surface area contributed by atoms with Crippen LogP contribution in [0.15, 0.2) is 0 Å². The summed E-state index contributed by atoms with van der Waals surface area (Å²) in [7, 11) is 0. The Bertz CT molecular complexity index is 117. The van der Waals surface area contributed by atoms with E-state index in [1.54, 1.807) is 0 Å². The van der Waals surface area contributed by atoms with Crippen LogP contribution in [0.3, 0.4) is 0 Å². The summed E-state index contributed by atoms with van der Waals surface area (Å²) in [5, 5.41) is 18.6. The van der Waals surface area contributed by atoms with Crippen molar-refractivity contribution in [3.05, 3.63) is 0 Å². The lowest BCUT2D eigenvalue weighted by Gasteiger charge is -2.14. The number of hydrogen-bond acceptors (Lipinski definition) is 5. The molecule has 5 nitrogen and oxygen atoms in total. The summed E-state index contributed by atoms with van der Waals surface area (Å²) in [4.78, 5) is 0. The molecule has 0 rings (SSSR count). The minimum Gasteiger partial charge on any atom is -0.388 e. The molecule has 0 saturated heterocycles. The van der Waals surface area contributed by atoms with E-state index in [1.807, 2.05) is 13.8 Å². The molecule has 0 aromatic carbocycles. The molecule has 0 bridgehead atoms. The molecule has 0 heterocycles. The number of hydrogen-bond donors (Lipinski definition) is 2. The van der Waals surface area contributed by atoms with Gasteiger partial charge >= 0.3 is 0 Å². The third-order valence-electron chi connectivity index (χ3n) is 1.65. The largest absolute Gasteiger partial charge is 0.388 e. The Hall–Kier alpha value is -0.200. The Kier molecular flexibility index (Phi) is 10.2. The fourth-order valence-electron chi connectivity index (χ4n) is 0.944. The van der Waals surface area contributed by atoms with Crippen molar-refractivity contribution in [2.75, 3.05) is 39.6 Å². The molecule has 2 atom stereocenters. The molecule has 0 saturated carbocycles. The van der Waals surface area contributed by atoms with Crippen LogP contribution in [0.2, 0.25) is 0 Å². The molecule has 0 aromatic rings. The lowest BCUT2D eigenvalue weighted by molar-refractivity contribution is -0.0542. The SMILES string of the molecule is CCOCC(O)COCC(O)COCC. The van der Waals surface area contributed by atoms with Gasteiger partial charge in [-0.25, -0.2) is 0 Å². The van der Waals surface area contributed by atoms with E-state index in [0.29, 0.717) is 13.2 Å². The highest BCUT2D eigenvalue weighted by Gasteiger charge is 2.07. The summed E-state index contributed by atoms with van der Waals surface area (Å²) in [6.07, 6.45) is -1.27. The molecule has 0 aliphatic heterocycles. The second kappa shape index (κ2) is 10.3. The first-order valence-electron chi connectivity index (χ1n) is 5.30. The predicted octanol–water partition coefficient (Wildman–Crippen LogP) is -0.202. The molecule has 15 heavy (non-hydrogen) atoms. The first-order chi connectivity index (χ1) is 7.20. The second-order valence-corrected chi connectivity index (χ2v) is 3.16. The van der Waals surface area contributed by atoms with Crippen LogP contribution in [0, 0.1) is 0 Å². The Morgan fingerprint density at radius 3 is 1.40 bits per heavy atom. The van der Waals surface area contributed by atoms with E-state index in [1.165, 1.54) is 0 Å².